The predicted molar refractivity (Wildman–Crippen MR) is 81.2 cm³/mol. The Kier molecular flexibility index (Phi) is 4.96. The van der Waals surface area contributed by atoms with Gasteiger partial charge in [-0.05, 0) is 42.5 Å². The molecule has 0 radical (unpaired) electrons. The van der Waals surface area contributed by atoms with Crippen molar-refractivity contribution >= 4 is 33.4 Å². The largest absolute Gasteiger partial charge is 0.493 e. The van der Waals surface area contributed by atoms with E-state index in [0.717, 1.165) is 21.7 Å². The number of halogens is 1. The minimum atomic E-state index is 0.682. The van der Waals surface area contributed by atoms with Crippen molar-refractivity contribution in [3.8, 4) is 5.75 Å². The van der Waals surface area contributed by atoms with Gasteiger partial charge in [0.2, 0.25) is 0 Å². The molecule has 0 spiro atoms. The van der Waals surface area contributed by atoms with Crippen molar-refractivity contribution < 1.29 is 4.74 Å². The molecule has 0 heterocycles. The first-order chi connectivity index (χ1) is 8.74. The lowest BCUT2D eigenvalue weighted by atomic mass is 10.3. The molecule has 2 rings (SSSR count). The molecule has 0 atom stereocenters. The standard InChI is InChI=1S/C14H14BrNOS/c15-11-4-6-13(7-5-11)17-8-9-18-14-3-1-2-12(16)10-14/h1-7,10H,8-9,16H2. The second-order valence-corrected chi connectivity index (χ2v) is 5.81. The Morgan fingerprint density at radius 2 is 1.89 bits per heavy atom. The Morgan fingerprint density at radius 1 is 1.11 bits per heavy atom. The van der Waals surface area contributed by atoms with Crippen LogP contribution in [0.5, 0.6) is 5.75 Å². The molecule has 2 N–H and O–H groups in total. The summed E-state index contributed by atoms with van der Waals surface area (Å²) in [6.45, 7) is 0.682. The fourth-order valence-corrected chi connectivity index (χ4v) is 2.52. The SMILES string of the molecule is Nc1cccc(SCCOc2ccc(Br)cc2)c1. The average molecular weight is 324 g/mol. The van der Waals surface area contributed by atoms with Crippen molar-refractivity contribution in [1.29, 1.82) is 0 Å². The summed E-state index contributed by atoms with van der Waals surface area (Å²) in [5.41, 5.74) is 6.52. The summed E-state index contributed by atoms with van der Waals surface area (Å²) in [5, 5.41) is 0. The van der Waals surface area contributed by atoms with E-state index < -0.39 is 0 Å². The Morgan fingerprint density at radius 3 is 2.61 bits per heavy atom. The minimum absolute atomic E-state index is 0.682. The Hall–Kier alpha value is -1.13. The van der Waals surface area contributed by atoms with Crippen molar-refractivity contribution in [3.05, 3.63) is 53.0 Å². The van der Waals surface area contributed by atoms with Gasteiger partial charge in [0, 0.05) is 20.8 Å². The van der Waals surface area contributed by atoms with E-state index in [1.54, 1.807) is 11.8 Å². The molecule has 2 aromatic rings. The molecule has 0 saturated heterocycles. The van der Waals surface area contributed by atoms with E-state index in [9.17, 15) is 0 Å². The molecule has 0 saturated carbocycles. The van der Waals surface area contributed by atoms with Gasteiger partial charge in [-0.3, -0.25) is 0 Å². The maximum absolute atomic E-state index is 5.72. The van der Waals surface area contributed by atoms with Crippen LogP contribution in [0.4, 0.5) is 5.69 Å². The fourth-order valence-electron chi connectivity index (χ4n) is 1.45. The van der Waals surface area contributed by atoms with Gasteiger partial charge in [0.1, 0.15) is 5.75 Å². The summed E-state index contributed by atoms with van der Waals surface area (Å²) >= 11 is 5.14. The van der Waals surface area contributed by atoms with E-state index in [4.69, 9.17) is 10.5 Å². The van der Waals surface area contributed by atoms with Crippen molar-refractivity contribution in [3.63, 3.8) is 0 Å². The van der Waals surface area contributed by atoms with Gasteiger partial charge < -0.3 is 10.5 Å². The van der Waals surface area contributed by atoms with Gasteiger partial charge in [-0.15, -0.1) is 11.8 Å². The van der Waals surface area contributed by atoms with Crippen molar-refractivity contribution in [2.45, 2.75) is 4.90 Å². The van der Waals surface area contributed by atoms with Crippen LogP contribution in [0.25, 0.3) is 0 Å². The number of benzene rings is 2. The molecule has 2 aromatic carbocycles. The van der Waals surface area contributed by atoms with Gasteiger partial charge in [-0.1, -0.05) is 22.0 Å². The summed E-state index contributed by atoms with van der Waals surface area (Å²) in [6.07, 6.45) is 0. The van der Waals surface area contributed by atoms with E-state index >= 15 is 0 Å². The number of hydrogen-bond acceptors (Lipinski definition) is 3. The number of hydrogen-bond donors (Lipinski definition) is 1. The van der Waals surface area contributed by atoms with Crippen LogP contribution in [0, 0.1) is 0 Å². The molecular formula is C14H14BrNOS. The molecule has 0 aliphatic rings. The number of rotatable bonds is 5. The first-order valence-corrected chi connectivity index (χ1v) is 7.38. The second-order valence-electron chi connectivity index (χ2n) is 3.72. The van der Waals surface area contributed by atoms with Crippen LogP contribution in [0.2, 0.25) is 0 Å². The van der Waals surface area contributed by atoms with Crippen LogP contribution in [-0.4, -0.2) is 12.4 Å². The summed E-state index contributed by atoms with van der Waals surface area (Å²) in [4.78, 5) is 1.18. The summed E-state index contributed by atoms with van der Waals surface area (Å²) in [6, 6.07) is 15.7. The highest BCUT2D eigenvalue weighted by Crippen LogP contribution is 2.21. The molecule has 94 valence electrons. The smallest absolute Gasteiger partial charge is 0.119 e. The minimum Gasteiger partial charge on any atom is -0.493 e. The lowest BCUT2D eigenvalue weighted by Gasteiger charge is -2.06. The molecule has 18 heavy (non-hydrogen) atoms. The highest BCUT2D eigenvalue weighted by Gasteiger charge is 1.96. The second kappa shape index (κ2) is 6.71. The lowest BCUT2D eigenvalue weighted by Crippen LogP contribution is -1.99. The maximum Gasteiger partial charge on any atom is 0.119 e. The molecule has 0 fully saturated rings. The number of anilines is 1. The predicted octanol–water partition coefficient (Wildman–Crippen LogP) is 4.20. The van der Waals surface area contributed by atoms with E-state index in [-0.39, 0.29) is 0 Å². The Bertz CT molecular complexity index is 501. The molecule has 0 aliphatic heterocycles. The normalized spacial score (nSPS) is 10.3. The zero-order valence-corrected chi connectivity index (χ0v) is 12.2. The first kappa shape index (κ1) is 13.3. The number of thioether (sulfide) groups is 1. The van der Waals surface area contributed by atoms with E-state index in [0.29, 0.717) is 6.61 Å². The van der Waals surface area contributed by atoms with Gasteiger partial charge in [0.15, 0.2) is 0 Å². The first-order valence-electron chi connectivity index (χ1n) is 5.61. The summed E-state index contributed by atoms with van der Waals surface area (Å²) in [5.74, 6) is 1.80. The third kappa shape index (κ3) is 4.27. The van der Waals surface area contributed by atoms with Gasteiger partial charge in [-0.2, -0.15) is 0 Å². The van der Waals surface area contributed by atoms with Crippen LogP contribution < -0.4 is 10.5 Å². The Labute approximate surface area is 120 Å². The zero-order valence-electron chi connectivity index (χ0n) is 9.80. The molecule has 0 unspecified atom stereocenters. The monoisotopic (exact) mass is 323 g/mol. The molecular weight excluding hydrogens is 310 g/mol. The van der Waals surface area contributed by atoms with E-state index in [1.165, 1.54) is 4.90 Å². The molecule has 2 nitrogen and oxygen atoms in total. The zero-order chi connectivity index (χ0) is 12.8. The van der Waals surface area contributed by atoms with Gasteiger partial charge in [-0.25, -0.2) is 0 Å². The molecule has 0 bridgehead atoms. The third-order valence-corrected chi connectivity index (χ3v) is 3.78. The van der Waals surface area contributed by atoms with Crippen LogP contribution in [0.1, 0.15) is 0 Å². The molecule has 0 amide bonds. The number of ether oxygens (including phenoxy) is 1. The van der Waals surface area contributed by atoms with Crippen LogP contribution in [-0.2, 0) is 0 Å². The summed E-state index contributed by atoms with van der Waals surface area (Å²) in [7, 11) is 0. The van der Waals surface area contributed by atoms with Crippen LogP contribution in [0.15, 0.2) is 57.9 Å². The van der Waals surface area contributed by atoms with Gasteiger partial charge in [0.05, 0.1) is 6.61 Å². The quantitative estimate of drug-likeness (QED) is 0.508. The number of nitrogen functional groups attached to an aromatic ring is 1. The molecule has 0 aliphatic carbocycles. The van der Waals surface area contributed by atoms with Crippen molar-refractivity contribution in [2.24, 2.45) is 0 Å². The maximum atomic E-state index is 5.72. The Balaban J connectivity index is 1.74. The van der Waals surface area contributed by atoms with E-state index in [1.807, 2.05) is 42.5 Å². The molecule has 0 aromatic heterocycles. The van der Waals surface area contributed by atoms with Gasteiger partial charge in [0.25, 0.3) is 0 Å². The lowest BCUT2D eigenvalue weighted by molar-refractivity contribution is 0.344. The number of nitrogens with two attached hydrogens (primary N) is 1. The highest BCUT2D eigenvalue weighted by molar-refractivity contribution is 9.10. The average Bonchev–Trinajstić information content (AvgIpc) is 2.37. The molecule has 4 heteroatoms. The summed E-state index contributed by atoms with van der Waals surface area (Å²) < 4.78 is 6.70. The topological polar surface area (TPSA) is 35.2 Å². The van der Waals surface area contributed by atoms with Crippen molar-refractivity contribution in [2.75, 3.05) is 18.1 Å². The van der Waals surface area contributed by atoms with Gasteiger partial charge >= 0.3 is 0 Å². The van der Waals surface area contributed by atoms with Crippen LogP contribution in [0.3, 0.4) is 0 Å². The van der Waals surface area contributed by atoms with Crippen molar-refractivity contribution in [1.82, 2.24) is 0 Å². The third-order valence-electron chi connectivity index (χ3n) is 2.29. The van der Waals surface area contributed by atoms with Crippen LogP contribution >= 0.6 is 27.7 Å². The highest BCUT2D eigenvalue weighted by atomic mass is 79.9. The fraction of sp³-hybridized carbons (Fsp3) is 0.143. The van der Waals surface area contributed by atoms with E-state index in [2.05, 4.69) is 22.0 Å².